The van der Waals surface area contributed by atoms with E-state index in [1.54, 1.807) is 22.8 Å². The highest BCUT2D eigenvalue weighted by Gasteiger charge is 2.30. The Morgan fingerprint density at radius 2 is 2.07 bits per heavy atom. The molecule has 1 unspecified atom stereocenters. The first kappa shape index (κ1) is 19.1. The van der Waals surface area contributed by atoms with Crippen LogP contribution in [-0.4, -0.2) is 39.5 Å². The Hall–Kier alpha value is -2.70. The highest BCUT2D eigenvalue weighted by atomic mass is 16.6. The molecule has 1 aromatic heterocycles. The van der Waals surface area contributed by atoms with Gasteiger partial charge in [-0.05, 0) is 38.3 Å². The van der Waals surface area contributed by atoms with Gasteiger partial charge in [0.25, 0.3) is 0 Å². The van der Waals surface area contributed by atoms with Crippen molar-refractivity contribution in [3.05, 3.63) is 41.6 Å². The average molecular weight is 372 g/mol. The second kappa shape index (κ2) is 7.50. The van der Waals surface area contributed by atoms with E-state index in [9.17, 15) is 4.79 Å². The minimum Gasteiger partial charge on any atom is -0.476 e. The summed E-state index contributed by atoms with van der Waals surface area (Å²) in [5.41, 5.74) is 8.31. The zero-order valence-corrected chi connectivity index (χ0v) is 16.4. The van der Waals surface area contributed by atoms with Crippen molar-refractivity contribution in [3.8, 4) is 5.88 Å². The molecule has 7 heteroatoms. The minimum atomic E-state index is -0.510. The molecule has 0 aliphatic carbocycles. The summed E-state index contributed by atoms with van der Waals surface area (Å²) in [7, 11) is 1.80. The number of hydrogen-bond acceptors (Lipinski definition) is 5. The smallest absolute Gasteiger partial charge is 0.410 e. The summed E-state index contributed by atoms with van der Waals surface area (Å²) < 4.78 is 13.0. The Morgan fingerprint density at radius 1 is 1.33 bits per heavy atom. The van der Waals surface area contributed by atoms with Crippen molar-refractivity contribution >= 4 is 11.8 Å². The largest absolute Gasteiger partial charge is 0.476 e. The van der Waals surface area contributed by atoms with E-state index in [2.05, 4.69) is 17.2 Å². The lowest BCUT2D eigenvalue weighted by atomic mass is 9.88. The number of fused-ring (bicyclic) bond motifs is 1. The molecule has 7 nitrogen and oxygen atoms in total. The van der Waals surface area contributed by atoms with Crippen LogP contribution in [0.25, 0.3) is 0 Å². The van der Waals surface area contributed by atoms with E-state index in [-0.39, 0.29) is 12.0 Å². The molecule has 1 amide bonds. The van der Waals surface area contributed by atoms with E-state index in [1.165, 1.54) is 5.56 Å². The van der Waals surface area contributed by atoms with Gasteiger partial charge in [0.15, 0.2) is 0 Å². The van der Waals surface area contributed by atoms with Crippen LogP contribution in [0.3, 0.4) is 0 Å². The molecule has 1 aliphatic rings. The zero-order chi connectivity index (χ0) is 19.6. The zero-order valence-electron chi connectivity index (χ0n) is 16.4. The van der Waals surface area contributed by atoms with Gasteiger partial charge in [-0.15, -0.1) is 0 Å². The van der Waals surface area contributed by atoms with Gasteiger partial charge in [0.1, 0.15) is 11.3 Å². The Balaban J connectivity index is 1.70. The summed E-state index contributed by atoms with van der Waals surface area (Å²) in [6.07, 6.45) is 2.06. The van der Waals surface area contributed by atoms with Crippen LogP contribution in [0.1, 0.15) is 44.2 Å². The second-order valence-corrected chi connectivity index (χ2v) is 7.92. The molecule has 3 rings (SSSR count). The maximum atomic E-state index is 12.6. The lowest BCUT2D eigenvalue weighted by Crippen LogP contribution is -2.41. The third kappa shape index (κ3) is 4.53. The third-order valence-corrected chi connectivity index (χ3v) is 4.56. The molecule has 1 aromatic carbocycles. The summed E-state index contributed by atoms with van der Waals surface area (Å²) >= 11 is 0. The van der Waals surface area contributed by atoms with Gasteiger partial charge in [0.2, 0.25) is 5.88 Å². The molecule has 0 saturated carbocycles. The van der Waals surface area contributed by atoms with Crippen molar-refractivity contribution in [2.75, 3.05) is 18.9 Å². The van der Waals surface area contributed by atoms with Crippen molar-refractivity contribution in [2.24, 2.45) is 7.05 Å². The van der Waals surface area contributed by atoms with Gasteiger partial charge < -0.3 is 20.1 Å². The predicted molar refractivity (Wildman–Crippen MR) is 104 cm³/mol. The molecule has 0 bridgehead atoms. The number of amides is 1. The van der Waals surface area contributed by atoms with Gasteiger partial charge in [-0.3, -0.25) is 0 Å². The number of nitrogens with zero attached hydrogens (tertiary/aromatic N) is 3. The second-order valence-electron chi connectivity index (χ2n) is 7.92. The fourth-order valence-electron chi connectivity index (χ4n) is 3.34. The fourth-order valence-corrected chi connectivity index (χ4v) is 3.34. The van der Waals surface area contributed by atoms with E-state index in [4.69, 9.17) is 15.2 Å². The number of carbonyl (C=O) groups excluding carboxylic acids is 1. The Bertz CT molecular complexity index is 790. The number of nitrogen functional groups attached to an aromatic ring is 1. The summed E-state index contributed by atoms with van der Waals surface area (Å²) in [6.45, 7) is 7.31. The number of hydrogen-bond donors (Lipinski definition) is 1. The Kier molecular flexibility index (Phi) is 5.30. The number of ether oxygens (including phenoxy) is 2. The lowest BCUT2D eigenvalue weighted by Gasteiger charge is -2.35. The maximum absolute atomic E-state index is 12.6. The summed E-state index contributed by atoms with van der Waals surface area (Å²) in [5, 5.41) is 4.08. The number of nitrogens with two attached hydrogens (primary N) is 1. The molecule has 1 aliphatic heterocycles. The molecule has 0 saturated heterocycles. The molecule has 0 fully saturated rings. The van der Waals surface area contributed by atoms with E-state index in [0.717, 1.165) is 12.0 Å². The van der Waals surface area contributed by atoms with Crippen LogP contribution >= 0.6 is 0 Å². The first-order chi connectivity index (χ1) is 12.7. The molecule has 0 spiro atoms. The number of aromatic nitrogens is 2. The Morgan fingerprint density at radius 3 is 2.74 bits per heavy atom. The Labute approximate surface area is 160 Å². The van der Waals surface area contributed by atoms with Crippen molar-refractivity contribution in [3.63, 3.8) is 0 Å². The fraction of sp³-hybridized carbons (Fsp3) is 0.500. The topological polar surface area (TPSA) is 82.6 Å². The molecular weight excluding hydrogens is 344 g/mol. The molecule has 146 valence electrons. The number of anilines is 1. The van der Waals surface area contributed by atoms with Gasteiger partial charge >= 0.3 is 6.09 Å². The number of rotatable bonds is 4. The van der Waals surface area contributed by atoms with Crippen molar-refractivity contribution < 1.29 is 14.3 Å². The SMILES string of the molecule is Cn1ncc(N)c1OCCC1CN(C(=O)OC(C)(C)C)Cc2ccccc21. The van der Waals surface area contributed by atoms with Gasteiger partial charge in [0.05, 0.1) is 12.8 Å². The third-order valence-electron chi connectivity index (χ3n) is 4.56. The van der Waals surface area contributed by atoms with E-state index in [0.29, 0.717) is 31.3 Å². The molecule has 2 N–H and O–H groups in total. The van der Waals surface area contributed by atoms with E-state index in [1.807, 2.05) is 32.9 Å². The van der Waals surface area contributed by atoms with Crippen LogP contribution in [0.4, 0.5) is 10.5 Å². The van der Waals surface area contributed by atoms with Crippen LogP contribution < -0.4 is 10.5 Å². The average Bonchev–Trinajstić information content (AvgIpc) is 2.92. The van der Waals surface area contributed by atoms with E-state index < -0.39 is 5.60 Å². The highest BCUT2D eigenvalue weighted by molar-refractivity contribution is 5.69. The number of aryl methyl sites for hydroxylation is 1. The van der Waals surface area contributed by atoms with E-state index >= 15 is 0 Å². The van der Waals surface area contributed by atoms with Crippen molar-refractivity contribution in [1.82, 2.24) is 14.7 Å². The minimum absolute atomic E-state index is 0.178. The van der Waals surface area contributed by atoms with Crippen molar-refractivity contribution in [2.45, 2.75) is 45.3 Å². The summed E-state index contributed by atoms with van der Waals surface area (Å²) in [5.74, 6) is 0.750. The number of benzene rings is 1. The van der Waals surface area contributed by atoms with Crippen LogP contribution in [-0.2, 0) is 18.3 Å². The van der Waals surface area contributed by atoms with Crippen LogP contribution in [0.15, 0.2) is 30.5 Å². The molecule has 1 atom stereocenters. The first-order valence-corrected chi connectivity index (χ1v) is 9.20. The monoisotopic (exact) mass is 372 g/mol. The van der Waals surface area contributed by atoms with Gasteiger partial charge in [-0.2, -0.15) is 5.10 Å². The van der Waals surface area contributed by atoms with Gasteiger partial charge in [-0.1, -0.05) is 24.3 Å². The number of carbonyl (C=O) groups is 1. The molecule has 2 aromatic rings. The van der Waals surface area contributed by atoms with Crippen molar-refractivity contribution in [1.29, 1.82) is 0 Å². The van der Waals surface area contributed by atoms with Gasteiger partial charge in [-0.25, -0.2) is 9.48 Å². The van der Waals surface area contributed by atoms with Crippen LogP contribution in [0.2, 0.25) is 0 Å². The van der Waals surface area contributed by atoms with Crippen LogP contribution in [0.5, 0.6) is 5.88 Å². The molecule has 0 radical (unpaired) electrons. The summed E-state index contributed by atoms with van der Waals surface area (Å²) in [4.78, 5) is 14.3. The maximum Gasteiger partial charge on any atom is 0.410 e. The lowest BCUT2D eigenvalue weighted by molar-refractivity contribution is 0.0199. The molecule has 27 heavy (non-hydrogen) atoms. The highest BCUT2D eigenvalue weighted by Crippen LogP contribution is 2.32. The quantitative estimate of drug-likeness (QED) is 0.890. The normalized spacial score (nSPS) is 16.7. The van der Waals surface area contributed by atoms with Crippen LogP contribution in [0, 0.1) is 0 Å². The van der Waals surface area contributed by atoms with Gasteiger partial charge in [0, 0.05) is 26.1 Å². The predicted octanol–water partition coefficient (Wildman–Crippen LogP) is 3.31. The molecule has 2 heterocycles. The molecular formula is C20H28N4O3. The first-order valence-electron chi connectivity index (χ1n) is 9.20. The summed E-state index contributed by atoms with van der Waals surface area (Å²) in [6, 6.07) is 8.24. The standard InChI is InChI=1S/C20H28N4O3/c1-20(2,3)27-19(25)24-12-14-7-5-6-8-16(14)15(13-24)9-10-26-18-17(21)11-22-23(18)4/h5-8,11,15H,9-10,12-13,21H2,1-4H3.